The van der Waals surface area contributed by atoms with Crippen LogP contribution in [-0.4, -0.2) is 22.0 Å². The highest BCUT2D eigenvalue weighted by Crippen LogP contribution is 2.12. The quantitative estimate of drug-likeness (QED) is 0.632. The molecule has 0 radical (unpaired) electrons. The van der Waals surface area contributed by atoms with E-state index in [2.05, 4.69) is 37.3 Å². The molecule has 0 atom stereocenters. The Bertz CT molecular complexity index is 381. The summed E-state index contributed by atoms with van der Waals surface area (Å²) in [6.07, 6.45) is 0.532. The second-order valence-electron chi connectivity index (χ2n) is 3.69. The van der Waals surface area contributed by atoms with Crippen LogP contribution in [0.5, 0.6) is 0 Å². The van der Waals surface area contributed by atoms with Crippen LogP contribution in [0.1, 0.15) is 25.3 Å². The smallest absolute Gasteiger partial charge is 0.244 e. The van der Waals surface area contributed by atoms with Gasteiger partial charge in [0.2, 0.25) is 11.8 Å². The van der Waals surface area contributed by atoms with Crippen LogP contribution in [0, 0.1) is 0 Å². The standard InChI is InChI=1S/C9H12S.C4H4ClNO2/c1-2-10-8-9-6-4-3-5-7-9;5-6-3(7)1-2-4(6)8/h3-7H,2,8H2,1H3;1-2H2. The summed E-state index contributed by atoms with van der Waals surface area (Å²) in [4.78, 5) is 20.7. The van der Waals surface area contributed by atoms with Gasteiger partial charge in [-0.15, -0.1) is 0 Å². The zero-order chi connectivity index (χ0) is 13.4. The Labute approximate surface area is 117 Å². The minimum absolute atomic E-state index is 0.266. The molecule has 2 rings (SSSR count). The van der Waals surface area contributed by atoms with Crippen molar-refractivity contribution in [1.29, 1.82) is 0 Å². The molecule has 98 valence electrons. The number of rotatable bonds is 3. The van der Waals surface area contributed by atoms with E-state index in [0.29, 0.717) is 4.42 Å². The lowest BCUT2D eigenvalue weighted by atomic mass is 10.2. The highest BCUT2D eigenvalue weighted by molar-refractivity contribution is 7.98. The predicted octanol–water partition coefficient (Wildman–Crippen LogP) is 3.23. The van der Waals surface area contributed by atoms with Gasteiger partial charge in [0, 0.05) is 30.4 Å². The molecule has 0 saturated carbocycles. The molecule has 5 heteroatoms. The Morgan fingerprint density at radius 3 is 2.11 bits per heavy atom. The first-order valence-electron chi connectivity index (χ1n) is 5.78. The summed E-state index contributed by atoms with van der Waals surface area (Å²) >= 11 is 7.11. The van der Waals surface area contributed by atoms with E-state index in [1.54, 1.807) is 0 Å². The molecule has 3 nitrogen and oxygen atoms in total. The maximum absolute atomic E-state index is 10.4. The van der Waals surface area contributed by atoms with Crippen LogP contribution < -0.4 is 0 Å². The molecule has 1 heterocycles. The summed E-state index contributed by atoms with van der Waals surface area (Å²) in [5, 5.41) is 0. The summed E-state index contributed by atoms with van der Waals surface area (Å²) in [6, 6.07) is 10.6. The second kappa shape index (κ2) is 8.16. The van der Waals surface area contributed by atoms with Gasteiger partial charge in [0.05, 0.1) is 0 Å². The van der Waals surface area contributed by atoms with Gasteiger partial charge in [-0.05, 0) is 11.3 Å². The van der Waals surface area contributed by atoms with Gasteiger partial charge in [0.15, 0.2) is 0 Å². The fourth-order valence-corrected chi connectivity index (χ4v) is 2.14. The molecule has 0 unspecified atom stereocenters. The van der Waals surface area contributed by atoms with Crippen molar-refractivity contribution < 1.29 is 9.59 Å². The number of imide groups is 1. The van der Waals surface area contributed by atoms with Crippen molar-refractivity contribution in [2.24, 2.45) is 0 Å². The van der Waals surface area contributed by atoms with Crippen LogP contribution >= 0.6 is 23.5 Å². The fraction of sp³-hybridized carbons (Fsp3) is 0.385. The number of thioether (sulfide) groups is 1. The van der Waals surface area contributed by atoms with Crippen LogP contribution in [0.3, 0.4) is 0 Å². The van der Waals surface area contributed by atoms with E-state index in [9.17, 15) is 9.59 Å². The molecule has 1 aromatic carbocycles. The Balaban J connectivity index is 0.000000184. The number of carbonyl (C=O) groups excluding carboxylic acids is 2. The molecule has 18 heavy (non-hydrogen) atoms. The molecular formula is C13H16ClNO2S. The molecule has 0 bridgehead atoms. The van der Waals surface area contributed by atoms with E-state index in [-0.39, 0.29) is 24.7 Å². The monoisotopic (exact) mass is 285 g/mol. The fourth-order valence-electron chi connectivity index (χ4n) is 1.34. The molecule has 1 aliphatic rings. The molecule has 1 saturated heterocycles. The summed E-state index contributed by atoms with van der Waals surface area (Å²) in [5.41, 5.74) is 1.43. The van der Waals surface area contributed by atoms with Crippen molar-refractivity contribution in [3.8, 4) is 0 Å². The van der Waals surface area contributed by atoms with Gasteiger partial charge in [-0.2, -0.15) is 16.2 Å². The summed E-state index contributed by atoms with van der Waals surface area (Å²) in [7, 11) is 0. The maximum atomic E-state index is 10.4. The minimum Gasteiger partial charge on any atom is -0.273 e. The van der Waals surface area contributed by atoms with Crippen LogP contribution in [0.4, 0.5) is 0 Å². The number of carbonyl (C=O) groups is 2. The molecule has 1 aliphatic heterocycles. The lowest BCUT2D eigenvalue weighted by Gasteiger charge is -1.96. The second-order valence-corrected chi connectivity index (χ2v) is 5.30. The largest absolute Gasteiger partial charge is 0.273 e. The molecule has 1 aromatic rings. The number of benzene rings is 1. The Morgan fingerprint density at radius 2 is 1.72 bits per heavy atom. The number of nitrogens with zero attached hydrogens (tertiary/aromatic N) is 1. The third-order valence-electron chi connectivity index (χ3n) is 2.31. The van der Waals surface area contributed by atoms with Crippen molar-refractivity contribution in [3.63, 3.8) is 0 Å². The van der Waals surface area contributed by atoms with Crippen LogP contribution in [0.2, 0.25) is 0 Å². The topological polar surface area (TPSA) is 37.4 Å². The number of halogens is 1. The SMILES string of the molecule is CCSCc1ccccc1.O=C1CCC(=O)N1Cl. The van der Waals surface area contributed by atoms with Gasteiger partial charge in [0.25, 0.3) is 0 Å². The Kier molecular flexibility index (Phi) is 6.83. The van der Waals surface area contributed by atoms with Crippen molar-refractivity contribution in [3.05, 3.63) is 35.9 Å². The van der Waals surface area contributed by atoms with E-state index in [4.69, 9.17) is 11.8 Å². The first-order valence-corrected chi connectivity index (χ1v) is 7.27. The number of amides is 2. The highest BCUT2D eigenvalue weighted by atomic mass is 35.5. The van der Waals surface area contributed by atoms with Gasteiger partial charge in [-0.1, -0.05) is 37.3 Å². The van der Waals surface area contributed by atoms with Crippen molar-refractivity contribution in [1.82, 2.24) is 4.42 Å². The van der Waals surface area contributed by atoms with E-state index in [1.807, 2.05) is 11.8 Å². The van der Waals surface area contributed by atoms with Gasteiger partial charge >= 0.3 is 0 Å². The van der Waals surface area contributed by atoms with Gasteiger partial charge < -0.3 is 0 Å². The zero-order valence-corrected chi connectivity index (χ0v) is 11.8. The van der Waals surface area contributed by atoms with Crippen molar-refractivity contribution in [2.45, 2.75) is 25.5 Å². The van der Waals surface area contributed by atoms with E-state index in [1.165, 1.54) is 11.3 Å². The molecule has 0 aromatic heterocycles. The van der Waals surface area contributed by atoms with E-state index in [0.717, 1.165) is 5.75 Å². The number of hydrogen-bond acceptors (Lipinski definition) is 3. The van der Waals surface area contributed by atoms with E-state index >= 15 is 0 Å². The van der Waals surface area contributed by atoms with Crippen LogP contribution in [0.15, 0.2) is 30.3 Å². The van der Waals surface area contributed by atoms with Crippen molar-refractivity contribution >= 4 is 35.4 Å². The first kappa shape index (κ1) is 15.1. The van der Waals surface area contributed by atoms with Gasteiger partial charge in [-0.25, -0.2) is 0 Å². The Morgan fingerprint density at radius 1 is 1.17 bits per heavy atom. The molecule has 0 N–H and O–H groups in total. The van der Waals surface area contributed by atoms with Crippen molar-refractivity contribution in [2.75, 3.05) is 5.75 Å². The molecule has 0 aliphatic carbocycles. The average molecular weight is 286 g/mol. The Hall–Kier alpha value is -1.00. The summed E-state index contributed by atoms with van der Waals surface area (Å²) in [5.74, 6) is 1.76. The lowest BCUT2D eigenvalue weighted by Crippen LogP contribution is -2.16. The summed E-state index contributed by atoms with van der Waals surface area (Å²) < 4.78 is 0.639. The van der Waals surface area contributed by atoms with Gasteiger partial charge in [-0.3, -0.25) is 9.59 Å². The van der Waals surface area contributed by atoms with Crippen LogP contribution in [-0.2, 0) is 15.3 Å². The normalized spacial score (nSPS) is 14.4. The summed E-state index contributed by atoms with van der Waals surface area (Å²) in [6.45, 7) is 2.19. The molecule has 2 amide bonds. The lowest BCUT2D eigenvalue weighted by molar-refractivity contribution is -0.132. The third kappa shape index (κ3) is 5.10. The number of hydrogen-bond donors (Lipinski definition) is 0. The maximum Gasteiger partial charge on any atom is 0.244 e. The highest BCUT2D eigenvalue weighted by Gasteiger charge is 2.26. The average Bonchev–Trinajstić information content (AvgIpc) is 2.70. The van der Waals surface area contributed by atoms with Gasteiger partial charge in [0.1, 0.15) is 0 Å². The third-order valence-corrected chi connectivity index (χ3v) is 3.63. The van der Waals surface area contributed by atoms with Crippen LogP contribution in [0.25, 0.3) is 0 Å². The van der Waals surface area contributed by atoms with E-state index < -0.39 is 0 Å². The molecule has 1 fully saturated rings. The first-order chi connectivity index (χ1) is 8.65. The molecule has 0 spiro atoms. The zero-order valence-electron chi connectivity index (χ0n) is 10.3. The molecular weight excluding hydrogens is 270 g/mol. The predicted molar refractivity (Wildman–Crippen MR) is 75.2 cm³/mol. The minimum atomic E-state index is -0.295.